The quantitative estimate of drug-likeness (QED) is 0.192. The largest absolute Gasteiger partial charge is 0.459 e. The van der Waals surface area contributed by atoms with Crippen molar-refractivity contribution in [1.82, 2.24) is 4.90 Å². The van der Waals surface area contributed by atoms with E-state index in [-0.39, 0.29) is 24.8 Å². The number of ether oxygens (including phenoxy) is 2. The van der Waals surface area contributed by atoms with Crippen LogP contribution in [0.5, 0.6) is 0 Å². The lowest BCUT2D eigenvalue weighted by atomic mass is 9.58. The molecular formula is C33H44Cl2N2O5Si. The van der Waals surface area contributed by atoms with Crippen LogP contribution in [0.3, 0.4) is 0 Å². The van der Waals surface area contributed by atoms with Crippen molar-refractivity contribution in [2.75, 3.05) is 25.6 Å². The van der Waals surface area contributed by atoms with Gasteiger partial charge in [0, 0.05) is 49.9 Å². The number of methoxy groups -OCH3 is 1. The monoisotopic (exact) mass is 646 g/mol. The molecule has 2 aromatic rings. The van der Waals surface area contributed by atoms with Gasteiger partial charge in [-0.2, -0.15) is 0 Å². The number of nitrogens with zero attached hydrogens (tertiary/aromatic N) is 1. The zero-order valence-electron chi connectivity index (χ0n) is 26.5. The number of nitrogens with one attached hydrogen (secondary N) is 1. The van der Waals surface area contributed by atoms with E-state index in [0.717, 1.165) is 12.2 Å². The molecule has 0 unspecified atom stereocenters. The zero-order chi connectivity index (χ0) is 32.3. The summed E-state index contributed by atoms with van der Waals surface area (Å²) in [6.07, 6.45) is 0.00239. The van der Waals surface area contributed by atoms with E-state index in [0.29, 0.717) is 26.9 Å². The van der Waals surface area contributed by atoms with Gasteiger partial charge in [0.1, 0.15) is 17.6 Å². The summed E-state index contributed by atoms with van der Waals surface area (Å²) in [4.78, 5) is 41.8. The van der Waals surface area contributed by atoms with Gasteiger partial charge in [0.15, 0.2) is 0 Å². The molecule has 2 aliphatic rings. The molecular weight excluding hydrogens is 603 g/mol. The van der Waals surface area contributed by atoms with Gasteiger partial charge >= 0.3 is 5.97 Å². The standard InChI is InChI=1S/C27H28Cl2N2O4.C6H16OSi/c1-15(2)24-27(19-10-9-18(29)12-21(19)30-25(27)34)20(16-7-6-8-17(28)11-16)13-22(32)31(24)14-23(33)35-26(3,4)5;1-7-5-6-8(2,3)4/h6-12,20,24H,1,13-14H2,2-5H3,(H,30,34);5-6H2,1-4H3/t20-,24+,27-;/m0./s1. The summed E-state index contributed by atoms with van der Waals surface area (Å²) in [6.45, 7) is 18.9. The average Bonchev–Trinajstić information content (AvgIpc) is 3.14. The van der Waals surface area contributed by atoms with Gasteiger partial charge in [-0.05, 0) is 69.1 Å². The van der Waals surface area contributed by atoms with Crippen molar-refractivity contribution in [2.24, 2.45) is 0 Å². The summed E-state index contributed by atoms with van der Waals surface area (Å²) in [5, 5.41) is 3.95. The fourth-order valence-electron chi connectivity index (χ4n) is 5.84. The molecule has 0 bridgehead atoms. The van der Waals surface area contributed by atoms with E-state index < -0.39 is 37.0 Å². The third kappa shape index (κ3) is 8.09. The van der Waals surface area contributed by atoms with Gasteiger partial charge in [-0.25, -0.2) is 0 Å². The molecule has 0 aliphatic carbocycles. The van der Waals surface area contributed by atoms with E-state index in [1.165, 1.54) is 10.9 Å². The lowest BCUT2D eigenvalue weighted by Crippen LogP contribution is -2.64. The number of carbonyl (C=O) groups excluding carboxylic acids is 3. The van der Waals surface area contributed by atoms with Crippen LogP contribution in [-0.2, 0) is 29.3 Å². The zero-order valence-corrected chi connectivity index (χ0v) is 29.0. The Morgan fingerprint density at radius 1 is 1.12 bits per heavy atom. The van der Waals surface area contributed by atoms with Gasteiger partial charge in [0.25, 0.3) is 0 Å². The maximum absolute atomic E-state index is 14.0. The Labute approximate surface area is 266 Å². The van der Waals surface area contributed by atoms with Crippen molar-refractivity contribution < 1.29 is 23.9 Å². The van der Waals surface area contributed by atoms with Crippen LogP contribution in [-0.4, -0.2) is 62.7 Å². The van der Waals surface area contributed by atoms with Crippen LogP contribution < -0.4 is 5.32 Å². The Bertz CT molecular complexity index is 1380. The SMILES string of the molecule is C=C(C)[C@H]1N(CC(=O)OC(C)(C)C)C(=O)C[C@@H](c2cccc(Cl)c2)[C@]12C(=O)Nc1cc(Cl)ccc12.COCC[Si](C)(C)C. The maximum atomic E-state index is 14.0. The molecule has 4 rings (SSSR count). The molecule has 2 heterocycles. The summed E-state index contributed by atoms with van der Waals surface area (Å²) >= 11 is 12.6. The smallest absolute Gasteiger partial charge is 0.326 e. The average molecular weight is 648 g/mol. The molecule has 2 amide bonds. The van der Waals surface area contributed by atoms with Crippen LogP contribution in [0.1, 0.15) is 51.2 Å². The lowest BCUT2D eigenvalue weighted by Gasteiger charge is -2.51. The first-order chi connectivity index (χ1) is 19.9. The summed E-state index contributed by atoms with van der Waals surface area (Å²) in [6, 6.07) is 12.9. The van der Waals surface area contributed by atoms with Gasteiger partial charge in [-0.3, -0.25) is 14.4 Å². The highest BCUT2D eigenvalue weighted by atomic mass is 35.5. The van der Waals surface area contributed by atoms with Crippen LogP contribution in [0.4, 0.5) is 5.69 Å². The van der Waals surface area contributed by atoms with Crippen molar-refractivity contribution in [2.45, 2.75) is 82.8 Å². The predicted molar refractivity (Wildman–Crippen MR) is 177 cm³/mol. The van der Waals surface area contributed by atoms with Gasteiger partial charge in [-0.1, -0.05) is 73.2 Å². The molecule has 2 aliphatic heterocycles. The molecule has 7 nitrogen and oxygen atoms in total. The number of halogens is 2. The van der Waals surface area contributed by atoms with Crippen LogP contribution in [0.25, 0.3) is 0 Å². The predicted octanol–water partition coefficient (Wildman–Crippen LogP) is 7.46. The number of amides is 2. The van der Waals surface area contributed by atoms with Crippen molar-refractivity contribution >= 4 is 54.7 Å². The molecule has 1 saturated heterocycles. The van der Waals surface area contributed by atoms with E-state index in [9.17, 15) is 14.4 Å². The Morgan fingerprint density at radius 3 is 2.30 bits per heavy atom. The van der Waals surface area contributed by atoms with E-state index in [2.05, 4.69) is 31.5 Å². The molecule has 2 aromatic carbocycles. The first kappa shape index (κ1) is 34.8. The number of hydrogen-bond donors (Lipinski definition) is 1. The second-order valence-electron chi connectivity index (χ2n) is 13.5. The molecule has 0 aromatic heterocycles. The molecule has 1 fully saturated rings. The lowest BCUT2D eigenvalue weighted by molar-refractivity contribution is -0.163. The molecule has 43 heavy (non-hydrogen) atoms. The van der Waals surface area contributed by atoms with Gasteiger partial charge in [0.2, 0.25) is 11.8 Å². The first-order valence-corrected chi connectivity index (χ1v) is 18.9. The number of anilines is 1. The first-order valence-electron chi connectivity index (χ1n) is 14.4. The van der Waals surface area contributed by atoms with E-state index in [1.807, 2.05) is 12.1 Å². The van der Waals surface area contributed by atoms with E-state index in [1.54, 1.807) is 65.1 Å². The number of rotatable bonds is 7. The number of hydrogen-bond acceptors (Lipinski definition) is 5. The van der Waals surface area contributed by atoms with Crippen LogP contribution >= 0.6 is 23.2 Å². The summed E-state index contributed by atoms with van der Waals surface area (Å²) in [5.41, 5.74) is 0.647. The number of fused-ring (bicyclic) bond motifs is 2. The summed E-state index contributed by atoms with van der Waals surface area (Å²) in [5.74, 6) is -1.65. The molecule has 0 saturated carbocycles. The highest BCUT2D eigenvalue weighted by molar-refractivity contribution is 6.76. The number of esters is 1. The normalized spacial score (nSPS) is 21.6. The minimum Gasteiger partial charge on any atom is -0.459 e. The van der Waals surface area contributed by atoms with Crippen molar-refractivity contribution in [3.05, 3.63) is 75.8 Å². The Morgan fingerprint density at radius 2 is 1.77 bits per heavy atom. The number of benzene rings is 2. The molecule has 234 valence electrons. The fourth-order valence-corrected chi connectivity index (χ4v) is 7.03. The third-order valence-corrected chi connectivity index (χ3v) is 9.71. The topological polar surface area (TPSA) is 84.9 Å². The van der Waals surface area contributed by atoms with Crippen molar-refractivity contribution in [1.29, 1.82) is 0 Å². The van der Waals surface area contributed by atoms with E-state index in [4.69, 9.17) is 32.7 Å². The van der Waals surface area contributed by atoms with Crippen molar-refractivity contribution in [3.63, 3.8) is 0 Å². The molecule has 3 atom stereocenters. The van der Waals surface area contributed by atoms with Gasteiger partial charge in [-0.15, -0.1) is 0 Å². The van der Waals surface area contributed by atoms with Crippen LogP contribution in [0.15, 0.2) is 54.6 Å². The second kappa shape index (κ2) is 13.5. The summed E-state index contributed by atoms with van der Waals surface area (Å²) < 4.78 is 10.5. The third-order valence-electron chi connectivity index (χ3n) is 7.54. The highest BCUT2D eigenvalue weighted by Gasteiger charge is 2.63. The number of carbonyl (C=O) groups is 3. The minimum atomic E-state index is -1.24. The van der Waals surface area contributed by atoms with E-state index >= 15 is 0 Å². The second-order valence-corrected chi connectivity index (χ2v) is 20.0. The summed E-state index contributed by atoms with van der Waals surface area (Å²) in [7, 11) is 0.961. The Kier molecular flexibility index (Phi) is 11.0. The van der Waals surface area contributed by atoms with Crippen LogP contribution in [0.2, 0.25) is 35.7 Å². The van der Waals surface area contributed by atoms with Gasteiger partial charge in [0.05, 0.1) is 6.04 Å². The maximum Gasteiger partial charge on any atom is 0.326 e. The molecule has 1 spiro atoms. The number of likely N-dealkylation sites (tertiary alicyclic amines) is 1. The molecule has 1 N–H and O–H groups in total. The molecule has 0 radical (unpaired) electrons. The number of piperidine rings is 1. The minimum absolute atomic E-state index is 0.00239. The fraction of sp³-hybridized carbons (Fsp3) is 0.485. The molecule has 10 heteroatoms. The highest BCUT2D eigenvalue weighted by Crippen LogP contribution is 2.56. The Balaban J connectivity index is 0.000000557. The Hall–Kier alpha value is -2.65. The van der Waals surface area contributed by atoms with Crippen molar-refractivity contribution in [3.8, 4) is 0 Å². The van der Waals surface area contributed by atoms with Crippen LogP contribution in [0, 0.1) is 0 Å². The van der Waals surface area contributed by atoms with Gasteiger partial charge < -0.3 is 19.7 Å².